The lowest BCUT2D eigenvalue weighted by molar-refractivity contribution is 0.408. The van der Waals surface area contributed by atoms with Gasteiger partial charge in [0.1, 0.15) is 0 Å². The smallest absolute Gasteiger partial charge is 0.200 e. The molecule has 0 spiro atoms. The fraction of sp³-hybridized carbons (Fsp3) is 0. The summed E-state index contributed by atoms with van der Waals surface area (Å²) in [6.07, 6.45) is 0. The summed E-state index contributed by atoms with van der Waals surface area (Å²) in [5.41, 5.74) is 0.591. The van der Waals surface area contributed by atoms with E-state index in [2.05, 4.69) is 0 Å². The van der Waals surface area contributed by atoms with Crippen molar-refractivity contribution in [2.24, 2.45) is 0 Å². The number of phenols is 1. The summed E-state index contributed by atoms with van der Waals surface area (Å²) in [5.74, 6) is -3.01. The zero-order valence-electron chi connectivity index (χ0n) is 8.05. The predicted octanol–water partition coefficient (Wildman–Crippen LogP) is 3.99. The van der Waals surface area contributed by atoms with Crippen LogP contribution in [0.15, 0.2) is 36.4 Å². The first-order valence-corrected chi connectivity index (χ1v) is 4.90. The molecular weight excluding hydrogens is 234 g/mol. The largest absolute Gasteiger partial charge is 0.505 e. The van der Waals surface area contributed by atoms with Gasteiger partial charge in [0, 0.05) is 10.6 Å². The number of rotatable bonds is 1. The summed E-state index contributed by atoms with van der Waals surface area (Å²) in [6.45, 7) is 0. The van der Waals surface area contributed by atoms with Gasteiger partial charge in [-0.1, -0.05) is 23.7 Å². The van der Waals surface area contributed by atoms with E-state index < -0.39 is 17.4 Å². The molecule has 0 aliphatic carbocycles. The second-order valence-corrected chi connectivity index (χ2v) is 3.70. The second kappa shape index (κ2) is 4.10. The Morgan fingerprint density at radius 2 is 1.50 bits per heavy atom. The zero-order valence-corrected chi connectivity index (χ0v) is 8.80. The van der Waals surface area contributed by atoms with Gasteiger partial charge in [0.25, 0.3) is 0 Å². The third-order valence-corrected chi connectivity index (χ3v) is 2.47. The van der Waals surface area contributed by atoms with Gasteiger partial charge < -0.3 is 5.11 Å². The van der Waals surface area contributed by atoms with Crippen LogP contribution in [-0.4, -0.2) is 5.11 Å². The molecule has 0 radical (unpaired) electrons. The maximum Gasteiger partial charge on any atom is 0.200 e. The van der Waals surface area contributed by atoms with E-state index in [1.807, 2.05) is 0 Å². The monoisotopic (exact) mass is 240 g/mol. The van der Waals surface area contributed by atoms with Crippen LogP contribution in [0.2, 0.25) is 5.02 Å². The summed E-state index contributed by atoms with van der Waals surface area (Å²) in [4.78, 5) is 0. The Morgan fingerprint density at radius 1 is 0.875 bits per heavy atom. The van der Waals surface area contributed by atoms with Crippen molar-refractivity contribution < 1.29 is 13.9 Å². The molecule has 0 atom stereocenters. The Hall–Kier alpha value is -1.61. The van der Waals surface area contributed by atoms with Crippen molar-refractivity contribution in [1.29, 1.82) is 0 Å². The molecule has 1 N–H and O–H groups in total. The Balaban J connectivity index is 2.57. The highest BCUT2D eigenvalue weighted by Gasteiger charge is 2.13. The first kappa shape index (κ1) is 10.9. The van der Waals surface area contributed by atoms with Gasteiger partial charge in [0.2, 0.25) is 5.82 Å². The van der Waals surface area contributed by atoms with E-state index in [1.165, 1.54) is 6.07 Å². The van der Waals surface area contributed by atoms with Crippen molar-refractivity contribution in [3.05, 3.63) is 53.1 Å². The molecule has 1 nitrogen and oxygen atoms in total. The lowest BCUT2D eigenvalue weighted by Gasteiger charge is -2.05. The van der Waals surface area contributed by atoms with Crippen LogP contribution < -0.4 is 0 Å². The van der Waals surface area contributed by atoms with Gasteiger partial charge in [0.05, 0.1) is 0 Å². The number of aromatic hydroxyl groups is 1. The maximum absolute atomic E-state index is 13.5. The van der Waals surface area contributed by atoms with Gasteiger partial charge in [-0.25, -0.2) is 4.39 Å². The minimum absolute atomic E-state index is 0.0898. The zero-order chi connectivity index (χ0) is 11.7. The highest BCUT2D eigenvalue weighted by Crippen LogP contribution is 2.29. The predicted molar refractivity (Wildman–Crippen MR) is 58.5 cm³/mol. The Bertz CT molecular complexity index is 523. The van der Waals surface area contributed by atoms with Crippen molar-refractivity contribution in [3.63, 3.8) is 0 Å². The van der Waals surface area contributed by atoms with Crippen LogP contribution in [0.1, 0.15) is 0 Å². The van der Waals surface area contributed by atoms with Crippen molar-refractivity contribution in [1.82, 2.24) is 0 Å². The van der Waals surface area contributed by atoms with Gasteiger partial charge in [-0.3, -0.25) is 0 Å². The minimum Gasteiger partial charge on any atom is -0.505 e. The molecule has 0 unspecified atom stereocenters. The van der Waals surface area contributed by atoms with E-state index in [1.54, 1.807) is 24.3 Å². The third kappa shape index (κ3) is 1.86. The topological polar surface area (TPSA) is 20.2 Å². The number of hydrogen-bond acceptors (Lipinski definition) is 1. The second-order valence-electron chi connectivity index (χ2n) is 3.27. The van der Waals surface area contributed by atoms with Crippen molar-refractivity contribution >= 4 is 11.6 Å². The van der Waals surface area contributed by atoms with Crippen LogP contribution in [0.3, 0.4) is 0 Å². The Morgan fingerprint density at radius 3 is 2.12 bits per heavy atom. The van der Waals surface area contributed by atoms with E-state index in [0.29, 0.717) is 10.6 Å². The average molecular weight is 241 g/mol. The number of phenolic OH excluding ortho intramolecular Hbond substituents is 1. The van der Waals surface area contributed by atoms with Crippen LogP contribution in [0.25, 0.3) is 11.1 Å². The molecule has 2 aromatic carbocycles. The summed E-state index contributed by atoms with van der Waals surface area (Å²) in [7, 11) is 0. The molecule has 0 aliphatic rings. The molecule has 0 fully saturated rings. The maximum atomic E-state index is 13.5. The molecule has 4 heteroatoms. The SMILES string of the molecule is Oc1ccc(-c2ccc(Cl)cc2)c(F)c1F. The molecule has 0 saturated carbocycles. The molecule has 0 aliphatic heterocycles. The Labute approximate surface area is 95.9 Å². The fourth-order valence-corrected chi connectivity index (χ4v) is 1.52. The fourth-order valence-electron chi connectivity index (χ4n) is 1.39. The van der Waals surface area contributed by atoms with E-state index in [9.17, 15) is 8.78 Å². The molecule has 0 heterocycles. The van der Waals surface area contributed by atoms with Crippen LogP contribution in [0.4, 0.5) is 8.78 Å². The highest BCUT2D eigenvalue weighted by molar-refractivity contribution is 6.30. The first-order valence-electron chi connectivity index (χ1n) is 4.52. The number of benzene rings is 2. The lowest BCUT2D eigenvalue weighted by Crippen LogP contribution is -1.89. The average Bonchev–Trinajstić information content (AvgIpc) is 2.28. The summed E-state index contributed by atoms with van der Waals surface area (Å²) in [6, 6.07) is 8.76. The van der Waals surface area contributed by atoms with E-state index in [-0.39, 0.29) is 5.56 Å². The quantitative estimate of drug-likeness (QED) is 0.799. The van der Waals surface area contributed by atoms with Gasteiger partial charge >= 0.3 is 0 Å². The molecule has 0 saturated heterocycles. The van der Waals surface area contributed by atoms with E-state index in [4.69, 9.17) is 16.7 Å². The van der Waals surface area contributed by atoms with Crippen molar-refractivity contribution in [2.45, 2.75) is 0 Å². The van der Waals surface area contributed by atoms with Crippen LogP contribution in [-0.2, 0) is 0 Å². The first-order chi connectivity index (χ1) is 7.59. The molecular formula is C12H7ClF2O. The van der Waals surface area contributed by atoms with Gasteiger partial charge in [-0.2, -0.15) is 4.39 Å². The van der Waals surface area contributed by atoms with Crippen LogP contribution in [0.5, 0.6) is 5.75 Å². The van der Waals surface area contributed by atoms with E-state index >= 15 is 0 Å². The molecule has 2 aromatic rings. The normalized spacial score (nSPS) is 10.4. The number of halogens is 3. The molecule has 0 amide bonds. The third-order valence-electron chi connectivity index (χ3n) is 2.22. The van der Waals surface area contributed by atoms with Crippen molar-refractivity contribution in [3.8, 4) is 16.9 Å². The van der Waals surface area contributed by atoms with Gasteiger partial charge in [-0.15, -0.1) is 0 Å². The van der Waals surface area contributed by atoms with Gasteiger partial charge in [0.15, 0.2) is 11.6 Å². The Kier molecular flexibility index (Phi) is 2.79. The standard InChI is InChI=1S/C12H7ClF2O/c13-8-3-1-7(2-4-8)9-5-6-10(16)12(15)11(9)14/h1-6,16H. The molecule has 16 heavy (non-hydrogen) atoms. The van der Waals surface area contributed by atoms with E-state index in [0.717, 1.165) is 6.07 Å². The molecule has 0 aromatic heterocycles. The summed E-state index contributed by atoms with van der Waals surface area (Å²) >= 11 is 5.69. The highest BCUT2D eigenvalue weighted by atomic mass is 35.5. The molecule has 0 bridgehead atoms. The summed E-state index contributed by atoms with van der Waals surface area (Å²) < 4.78 is 26.6. The van der Waals surface area contributed by atoms with Crippen molar-refractivity contribution in [2.75, 3.05) is 0 Å². The minimum atomic E-state index is -1.24. The van der Waals surface area contributed by atoms with Gasteiger partial charge in [-0.05, 0) is 29.8 Å². The van der Waals surface area contributed by atoms with Crippen LogP contribution in [0, 0.1) is 11.6 Å². The molecule has 82 valence electrons. The summed E-state index contributed by atoms with van der Waals surface area (Å²) in [5, 5.41) is 9.50. The van der Waals surface area contributed by atoms with Crippen LogP contribution >= 0.6 is 11.6 Å². The molecule has 2 rings (SSSR count). The lowest BCUT2D eigenvalue weighted by atomic mass is 10.0. The number of hydrogen-bond donors (Lipinski definition) is 1.